The Kier molecular flexibility index (Phi) is 3.29. The highest BCUT2D eigenvalue weighted by molar-refractivity contribution is 14.1. The van der Waals surface area contributed by atoms with Gasteiger partial charge >= 0.3 is 0 Å². The zero-order chi connectivity index (χ0) is 10.9. The molecule has 7 heteroatoms. The van der Waals surface area contributed by atoms with Crippen molar-refractivity contribution in [3.63, 3.8) is 0 Å². The van der Waals surface area contributed by atoms with Crippen LogP contribution >= 0.6 is 22.6 Å². The lowest BCUT2D eigenvalue weighted by atomic mass is 10.2. The Hall–Kier alpha value is -0.860. The Balaban J connectivity index is 3.35. The van der Waals surface area contributed by atoms with Crippen LogP contribution in [-0.2, 0) is 0 Å². The van der Waals surface area contributed by atoms with E-state index in [0.29, 0.717) is 6.07 Å². The normalized spacial score (nSPS) is 10.6. The number of primary amides is 1. The Bertz CT molecular complexity index is 383. The number of hydrogen-bond acceptors (Lipinski definition) is 2. The van der Waals surface area contributed by atoms with Gasteiger partial charge in [0.1, 0.15) is 9.39 Å². The van der Waals surface area contributed by atoms with Gasteiger partial charge in [0.2, 0.25) is 0 Å². The predicted octanol–water partition coefficient (Wildman–Crippen LogP) is 1.86. The molecular formula is C7H4F3IN2O. The lowest BCUT2D eigenvalue weighted by molar-refractivity contribution is 0.0995. The Morgan fingerprint density at radius 2 is 2.14 bits per heavy atom. The number of alkyl halides is 2. The Labute approximate surface area is 90.6 Å². The fraction of sp³-hybridized carbons (Fsp3) is 0.143. The summed E-state index contributed by atoms with van der Waals surface area (Å²) < 4.78 is 37.1. The summed E-state index contributed by atoms with van der Waals surface area (Å²) in [6, 6.07) is 0.657. The van der Waals surface area contributed by atoms with E-state index >= 15 is 0 Å². The fourth-order valence-electron chi connectivity index (χ4n) is 0.808. The highest BCUT2D eigenvalue weighted by Gasteiger charge is 2.18. The van der Waals surface area contributed by atoms with Gasteiger partial charge in [0, 0.05) is 0 Å². The van der Waals surface area contributed by atoms with Crippen LogP contribution in [0.15, 0.2) is 6.07 Å². The van der Waals surface area contributed by atoms with Gasteiger partial charge < -0.3 is 5.73 Å². The van der Waals surface area contributed by atoms with Gasteiger partial charge in [-0.2, -0.15) is 0 Å². The number of pyridine rings is 1. The van der Waals surface area contributed by atoms with E-state index < -0.39 is 29.4 Å². The largest absolute Gasteiger partial charge is 0.366 e. The number of nitrogens with zero attached hydrogens (tertiary/aromatic N) is 1. The van der Waals surface area contributed by atoms with Gasteiger partial charge in [-0.1, -0.05) is 0 Å². The summed E-state index contributed by atoms with van der Waals surface area (Å²) in [7, 11) is 0. The zero-order valence-corrected chi connectivity index (χ0v) is 8.76. The van der Waals surface area contributed by atoms with E-state index in [-0.39, 0.29) is 3.70 Å². The van der Waals surface area contributed by atoms with Gasteiger partial charge in [-0.3, -0.25) is 4.79 Å². The van der Waals surface area contributed by atoms with Crippen LogP contribution in [-0.4, -0.2) is 10.9 Å². The van der Waals surface area contributed by atoms with Crippen molar-refractivity contribution in [2.24, 2.45) is 5.73 Å². The molecule has 76 valence electrons. The minimum atomic E-state index is -2.86. The summed E-state index contributed by atoms with van der Waals surface area (Å²) in [6.07, 6.45) is -2.86. The first-order valence-corrected chi connectivity index (χ1v) is 4.45. The van der Waals surface area contributed by atoms with Crippen LogP contribution in [0.25, 0.3) is 0 Å². The van der Waals surface area contributed by atoms with Crippen molar-refractivity contribution >= 4 is 28.5 Å². The molecule has 0 bridgehead atoms. The first-order valence-electron chi connectivity index (χ1n) is 3.37. The van der Waals surface area contributed by atoms with E-state index in [1.54, 1.807) is 0 Å². The second-order valence-electron chi connectivity index (χ2n) is 2.36. The third kappa shape index (κ3) is 2.14. The van der Waals surface area contributed by atoms with E-state index in [1.807, 2.05) is 0 Å². The number of nitrogens with two attached hydrogens (primary N) is 1. The lowest BCUT2D eigenvalue weighted by Crippen LogP contribution is -2.15. The quantitative estimate of drug-likeness (QED) is 0.669. The molecule has 0 spiro atoms. The number of halogens is 4. The summed E-state index contributed by atoms with van der Waals surface area (Å²) in [5.74, 6) is -2.06. The van der Waals surface area contributed by atoms with E-state index in [2.05, 4.69) is 4.98 Å². The minimum Gasteiger partial charge on any atom is -0.366 e. The molecule has 0 aromatic carbocycles. The maximum absolute atomic E-state index is 13.1. The van der Waals surface area contributed by atoms with E-state index in [4.69, 9.17) is 5.73 Å². The second kappa shape index (κ2) is 4.11. The third-order valence-electron chi connectivity index (χ3n) is 1.43. The van der Waals surface area contributed by atoms with Crippen molar-refractivity contribution in [1.29, 1.82) is 0 Å². The molecule has 3 nitrogen and oxygen atoms in total. The number of carbonyl (C=O) groups excluding carboxylic acids is 1. The van der Waals surface area contributed by atoms with Gasteiger partial charge in [0.05, 0.1) is 5.56 Å². The van der Waals surface area contributed by atoms with Gasteiger partial charge in [0.15, 0.2) is 5.82 Å². The summed E-state index contributed by atoms with van der Waals surface area (Å²) in [5.41, 5.74) is 3.57. The van der Waals surface area contributed by atoms with Crippen molar-refractivity contribution in [3.8, 4) is 0 Å². The fourth-order valence-corrected chi connectivity index (χ4v) is 1.38. The molecule has 1 rings (SSSR count). The number of amides is 1. The summed E-state index contributed by atoms with van der Waals surface area (Å²) >= 11 is 1.42. The van der Waals surface area contributed by atoms with Gasteiger partial charge in [0.25, 0.3) is 12.3 Å². The van der Waals surface area contributed by atoms with Crippen molar-refractivity contribution < 1.29 is 18.0 Å². The molecule has 0 aliphatic rings. The topological polar surface area (TPSA) is 56.0 Å². The van der Waals surface area contributed by atoms with Crippen LogP contribution in [0.4, 0.5) is 13.2 Å². The van der Waals surface area contributed by atoms with Crippen molar-refractivity contribution in [3.05, 3.63) is 26.8 Å². The van der Waals surface area contributed by atoms with Crippen LogP contribution < -0.4 is 5.73 Å². The molecule has 0 unspecified atom stereocenters. The molecular weight excluding hydrogens is 312 g/mol. The molecule has 0 atom stereocenters. The van der Waals surface area contributed by atoms with Gasteiger partial charge in [-0.15, -0.1) is 0 Å². The minimum absolute atomic E-state index is 0.297. The summed E-state index contributed by atoms with van der Waals surface area (Å²) in [4.78, 5) is 13.9. The molecule has 1 aromatic heterocycles. The van der Waals surface area contributed by atoms with Crippen molar-refractivity contribution in [1.82, 2.24) is 4.98 Å². The van der Waals surface area contributed by atoms with Crippen LogP contribution in [0, 0.1) is 9.52 Å². The van der Waals surface area contributed by atoms with Gasteiger partial charge in [-0.25, -0.2) is 18.2 Å². The first kappa shape index (κ1) is 11.2. The number of carbonyl (C=O) groups is 1. The van der Waals surface area contributed by atoms with Crippen LogP contribution in [0.1, 0.15) is 22.5 Å². The lowest BCUT2D eigenvalue weighted by Gasteiger charge is -2.04. The molecule has 0 fully saturated rings. The summed E-state index contributed by atoms with van der Waals surface area (Å²) in [6.45, 7) is 0. The van der Waals surface area contributed by atoms with E-state index in [9.17, 15) is 18.0 Å². The van der Waals surface area contributed by atoms with Crippen LogP contribution in [0.3, 0.4) is 0 Å². The van der Waals surface area contributed by atoms with E-state index in [1.165, 1.54) is 22.6 Å². The average Bonchev–Trinajstić information content (AvgIpc) is 2.08. The van der Waals surface area contributed by atoms with Crippen LogP contribution in [0.2, 0.25) is 0 Å². The molecule has 1 aromatic rings. The van der Waals surface area contributed by atoms with Crippen LogP contribution in [0.5, 0.6) is 0 Å². The first-order chi connectivity index (χ1) is 6.43. The maximum Gasteiger partial charge on any atom is 0.280 e. The van der Waals surface area contributed by atoms with Crippen molar-refractivity contribution in [2.75, 3.05) is 0 Å². The predicted molar refractivity (Wildman–Crippen MR) is 50.4 cm³/mol. The molecule has 1 heterocycles. The molecule has 1 amide bonds. The molecule has 2 N–H and O–H groups in total. The summed E-state index contributed by atoms with van der Waals surface area (Å²) in [5, 5.41) is 0. The van der Waals surface area contributed by atoms with E-state index in [0.717, 1.165) is 0 Å². The standard InChI is InChI=1S/C7H4F3IN2O/c8-4-2(7(12)14)1-3(5(9)10)13-6(4)11/h1,5H,(H2,12,14). The SMILES string of the molecule is NC(=O)c1cc(C(F)F)nc(I)c1F. The molecule has 14 heavy (non-hydrogen) atoms. The molecule has 0 aliphatic heterocycles. The highest BCUT2D eigenvalue weighted by Crippen LogP contribution is 2.21. The third-order valence-corrected chi connectivity index (χ3v) is 2.14. The monoisotopic (exact) mass is 316 g/mol. The zero-order valence-electron chi connectivity index (χ0n) is 6.60. The smallest absolute Gasteiger partial charge is 0.280 e. The van der Waals surface area contributed by atoms with Gasteiger partial charge in [-0.05, 0) is 28.7 Å². The number of hydrogen-bond donors (Lipinski definition) is 1. The second-order valence-corrected chi connectivity index (χ2v) is 3.39. The molecule has 0 saturated heterocycles. The number of rotatable bonds is 2. The van der Waals surface area contributed by atoms with Crippen molar-refractivity contribution in [2.45, 2.75) is 6.43 Å². The highest BCUT2D eigenvalue weighted by atomic mass is 127. The molecule has 0 saturated carbocycles. The molecule has 0 aliphatic carbocycles. The average molecular weight is 316 g/mol. The number of aromatic nitrogens is 1. The Morgan fingerprint density at radius 3 is 2.57 bits per heavy atom. The maximum atomic E-state index is 13.1. The Morgan fingerprint density at radius 1 is 1.57 bits per heavy atom. The molecule has 0 radical (unpaired) electrons.